The Balaban J connectivity index is 2.10. The van der Waals surface area contributed by atoms with Gasteiger partial charge in [-0.2, -0.15) is 0 Å². The molecule has 3 heteroatoms. The summed E-state index contributed by atoms with van der Waals surface area (Å²) in [4.78, 5) is 6.94. The third kappa shape index (κ3) is 2.67. The van der Waals surface area contributed by atoms with E-state index in [1.54, 1.807) is 0 Å². The number of nitrogens with two attached hydrogens (primary N) is 1. The SMILES string of the molecule is CC1(C)C(CN)CCCN1Cc1ccccn1. The number of rotatable bonds is 3. The first-order valence-electron chi connectivity index (χ1n) is 6.49. The van der Waals surface area contributed by atoms with E-state index in [1.807, 2.05) is 12.3 Å². The van der Waals surface area contributed by atoms with E-state index in [0.29, 0.717) is 5.92 Å². The van der Waals surface area contributed by atoms with Crippen molar-refractivity contribution < 1.29 is 0 Å². The molecule has 1 aliphatic heterocycles. The number of hydrogen-bond acceptors (Lipinski definition) is 3. The Morgan fingerprint density at radius 2 is 2.29 bits per heavy atom. The summed E-state index contributed by atoms with van der Waals surface area (Å²) >= 11 is 0. The van der Waals surface area contributed by atoms with Crippen LogP contribution in [-0.2, 0) is 6.54 Å². The molecule has 0 aromatic carbocycles. The summed E-state index contributed by atoms with van der Waals surface area (Å²) in [5, 5.41) is 0. The average Bonchev–Trinajstić information content (AvgIpc) is 2.33. The molecular formula is C14H23N3. The minimum atomic E-state index is 0.185. The van der Waals surface area contributed by atoms with Crippen LogP contribution in [0, 0.1) is 5.92 Å². The minimum Gasteiger partial charge on any atom is -0.330 e. The van der Waals surface area contributed by atoms with Gasteiger partial charge in [0.05, 0.1) is 5.69 Å². The molecule has 1 fully saturated rings. The van der Waals surface area contributed by atoms with Crippen LogP contribution in [0.1, 0.15) is 32.4 Å². The first-order chi connectivity index (χ1) is 8.14. The second-order valence-corrected chi connectivity index (χ2v) is 5.47. The number of hydrogen-bond donors (Lipinski definition) is 1. The second kappa shape index (κ2) is 5.15. The Kier molecular flexibility index (Phi) is 3.79. The molecule has 3 nitrogen and oxygen atoms in total. The van der Waals surface area contributed by atoms with Gasteiger partial charge in [0.25, 0.3) is 0 Å². The van der Waals surface area contributed by atoms with E-state index in [0.717, 1.165) is 25.3 Å². The lowest BCUT2D eigenvalue weighted by atomic mass is 9.79. The highest BCUT2D eigenvalue weighted by Crippen LogP contribution is 2.33. The number of aromatic nitrogens is 1. The van der Waals surface area contributed by atoms with Crippen LogP contribution in [0.2, 0.25) is 0 Å². The topological polar surface area (TPSA) is 42.1 Å². The first-order valence-corrected chi connectivity index (χ1v) is 6.49. The largest absolute Gasteiger partial charge is 0.330 e. The van der Waals surface area contributed by atoms with Gasteiger partial charge in [-0.05, 0) is 57.8 Å². The number of pyridine rings is 1. The smallest absolute Gasteiger partial charge is 0.0544 e. The van der Waals surface area contributed by atoms with Crippen molar-refractivity contribution in [2.24, 2.45) is 11.7 Å². The van der Waals surface area contributed by atoms with Crippen LogP contribution in [0.5, 0.6) is 0 Å². The fourth-order valence-corrected chi connectivity index (χ4v) is 2.80. The van der Waals surface area contributed by atoms with E-state index in [9.17, 15) is 0 Å². The zero-order valence-corrected chi connectivity index (χ0v) is 10.9. The van der Waals surface area contributed by atoms with Gasteiger partial charge in [0.15, 0.2) is 0 Å². The van der Waals surface area contributed by atoms with Crippen molar-refractivity contribution in [2.75, 3.05) is 13.1 Å². The van der Waals surface area contributed by atoms with E-state index in [2.05, 4.69) is 35.9 Å². The van der Waals surface area contributed by atoms with Gasteiger partial charge >= 0.3 is 0 Å². The van der Waals surface area contributed by atoms with Crippen LogP contribution < -0.4 is 5.73 Å². The van der Waals surface area contributed by atoms with Gasteiger partial charge in [0, 0.05) is 18.3 Å². The predicted molar refractivity (Wildman–Crippen MR) is 70.5 cm³/mol. The molecule has 1 aromatic rings. The first kappa shape index (κ1) is 12.5. The summed E-state index contributed by atoms with van der Waals surface area (Å²) in [5.41, 5.74) is 7.23. The normalized spacial score (nSPS) is 24.8. The third-order valence-corrected chi connectivity index (χ3v) is 4.16. The summed E-state index contributed by atoms with van der Waals surface area (Å²) in [6.07, 6.45) is 4.37. The maximum Gasteiger partial charge on any atom is 0.0544 e. The summed E-state index contributed by atoms with van der Waals surface area (Å²) in [7, 11) is 0. The van der Waals surface area contributed by atoms with Crippen molar-refractivity contribution >= 4 is 0 Å². The molecule has 2 N–H and O–H groups in total. The molecule has 0 aliphatic carbocycles. The van der Waals surface area contributed by atoms with Crippen molar-refractivity contribution in [1.29, 1.82) is 0 Å². The number of nitrogens with zero attached hydrogens (tertiary/aromatic N) is 2. The minimum absolute atomic E-state index is 0.185. The monoisotopic (exact) mass is 233 g/mol. The van der Waals surface area contributed by atoms with Crippen LogP contribution in [0.4, 0.5) is 0 Å². The maximum absolute atomic E-state index is 5.89. The average molecular weight is 233 g/mol. The molecule has 1 saturated heterocycles. The van der Waals surface area contributed by atoms with Crippen LogP contribution in [0.15, 0.2) is 24.4 Å². The fraction of sp³-hybridized carbons (Fsp3) is 0.643. The van der Waals surface area contributed by atoms with Gasteiger partial charge in [0.2, 0.25) is 0 Å². The Morgan fingerprint density at radius 3 is 2.94 bits per heavy atom. The van der Waals surface area contributed by atoms with Gasteiger partial charge < -0.3 is 5.73 Å². The van der Waals surface area contributed by atoms with Gasteiger partial charge in [0.1, 0.15) is 0 Å². The van der Waals surface area contributed by atoms with Gasteiger partial charge in [-0.15, -0.1) is 0 Å². The summed E-state index contributed by atoms with van der Waals surface area (Å²) in [6.45, 7) is 7.50. The molecule has 0 amide bonds. The maximum atomic E-state index is 5.89. The van der Waals surface area contributed by atoms with Crippen molar-refractivity contribution in [3.63, 3.8) is 0 Å². The molecule has 0 bridgehead atoms. The highest BCUT2D eigenvalue weighted by atomic mass is 15.2. The molecule has 17 heavy (non-hydrogen) atoms. The Hall–Kier alpha value is -0.930. The molecule has 2 heterocycles. The Labute approximate surface area is 104 Å². The van der Waals surface area contributed by atoms with E-state index in [4.69, 9.17) is 5.73 Å². The van der Waals surface area contributed by atoms with Crippen molar-refractivity contribution in [3.8, 4) is 0 Å². The zero-order chi connectivity index (χ0) is 12.3. The molecule has 1 unspecified atom stereocenters. The quantitative estimate of drug-likeness (QED) is 0.868. The summed E-state index contributed by atoms with van der Waals surface area (Å²) in [5.74, 6) is 0.597. The summed E-state index contributed by atoms with van der Waals surface area (Å²) in [6, 6.07) is 6.12. The van der Waals surface area contributed by atoms with Crippen molar-refractivity contribution in [2.45, 2.75) is 38.8 Å². The lowest BCUT2D eigenvalue weighted by molar-refractivity contribution is 0.0180. The van der Waals surface area contributed by atoms with Gasteiger partial charge in [-0.3, -0.25) is 9.88 Å². The molecule has 0 saturated carbocycles. The lowest BCUT2D eigenvalue weighted by Gasteiger charge is -2.47. The standard InChI is InChI=1S/C14H23N3/c1-14(2)12(10-15)6-5-9-17(14)11-13-7-3-4-8-16-13/h3-4,7-8,12H,5-6,9-11,15H2,1-2H3. The fourth-order valence-electron chi connectivity index (χ4n) is 2.80. The molecule has 2 rings (SSSR count). The Bertz CT molecular complexity index is 348. The predicted octanol–water partition coefficient (Wildman–Crippen LogP) is 2.03. The van der Waals surface area contributed by atoms with Crippen LogP contribution >= 0.6 is 0 Å². The number of piperidine rings is 1. The second-order valence-electron chi connectivity index (χ2n) is 5.47. The zero-order valence-electron chi connectivity index (χ0n) is 10.9. The molecule has 0 spiro atoms. The van der Waals surface area contributed by atoms with Crippen molar-refractivity contribution in [1.82, 2.24) is 9.88 Å². The number of likely N-dealkylation sites (tertiary alicyclic amines) is 1. The van der Waals surface area contributed by atoms with E-state index < -0.39 is 0 Å². The van der Waals surface area contributed by atoms with Crippen LogP contribution in [-0.4, -0.2) is 28.5 Å². The van der Waals surface area contributed by atoms with Crippen molar-refractivity contribution in [3.05, 3.63) is 30.1 Å². The molecule has 1 aliphatic rings. The Morgan fingerprint density at radius 1 is 1.47 bits per heavy atom. The van der Waals surface area contributed by atoms with Gasteiger partial charge in [-0.25, -0.2) is 0 Å². The lowest BCUT2D eigenvalue weighted by Crippen LogP contribution is -2.54. The third-order valence-electron chi connectivity index (χ3n) is 4.16. The van der Waals surface area contributed by atoms with E-state index in [-0.39, 0.29) is 5.54 Å². The highest BCUT2D eigenvalue weighted by Gasteiger charge is 2.37. The summed E-state index contributed by atoms with van der Waals surface area (Å²) < 4.78 is 0. The molecule has 94 valence electrons. The van der Waals surface area contributed by atoms with Gasteiger partial charge in [-0.1, -0.05) is 6.07 Å². The molecule has 1 aromatic heterocycles. The molecule has 1 atom stereocenters. The van der Waals surface area contributed by atoms with E-state index in [1.165, 1.54) is 12.8 Å². The van der Waals surface area contributed by atoms with Crippen LogP contribution in [0.3, 0.4) is 0 Å². The van der Waals surface area contributed by atoms with E-state index >= 15 is 0 Å². The van der Waals surface area contributed by atoms with Crippen LogP contribution in [0.25, 0.3) is 0 Å². The molecule has 0 radical (unpaired) electrons. The molecular weight excluding hydrogens is 210 g/mol. The highest BCUT2D eigenvalue weighted by molar-refractivity contribution is 5.05.